The highest BCUT2D eigenvalue weighted by Gasteiger charge is 2.24. The van der Waals surface area contributed by atoms with E-state index in [-0.39, 0.29) is 0 Å². The Morgan fingerprint density at radius 2 is 2.33 bits per heavy atom. The summed E-state index contributed by atoms with van der Waals surface area (Å²) < 4.78 is 6.62. The van der Waals surface area contributed by atoms with Gasteiger partial charge in [0.2, 0.25) is 0 Å². The van der Waals surface area contributed by atoms with Crippen LogP contribution in [0.1, 0.15) is 17.2 Å². The van der Waals surface area contributed by atoms with Gasteiger partial charge in [0.1, 0.15) is 5.75 Å². The molecule has 0 saturated carbocycles. The number of hydrogen-bond donors (Lipinski definition) is 1. The number of benzene rings is 1. The van der Waals surface area contributed by atoms with Crippen molar-refractivity contribution in [1.82, 2.24) is 5.32 Å². The van der Waals surface area contributed by atoms with Crippen LogP contribution in [0.2, 0.25) is 0 Å². The lowest BCUT2D eigenvalue weighted by Crippen LogP contribution is -2.24. The van der Waals surface area contributed by atoms with Crippen molar-refractivity contribution in [3.63, 3.8) is 0 Å². The van der Waals surface area contributed by atoms with Gasteiger partial charge in [-0.25, -0.2) is 0 Å². The number of methoxy groups -OCH3 is 1. The Balaban J connectivity index is 2.55. The average Bonchev–Trinajstić information content (AvgIpc) is 2.29. The SMILES string of the molecule is CNC1CSCc2c(Br)ccc(OC)c21. The summed E-state index contributed by atoms with van der Waals surface area (Å²) in [5.41, 5.74) is 2.68. The fourth-order valence-electron chi connectivity index (χ4n) is 1.91. The molecular formula is C11H14BrNOS. The maximum Gasteiger partial charge on any atom is 0.124 e. The molecule has 2 nitrogen and oxygen atoms in total. The van der Waals surface area contributed by atoms with Gasteiger partial charge < -0.3 is 10.1 Å². The van der Waals surface area contributed by atoms with Crippen molar-refractivity contribution in [2.75, 3.05) is 19.9 Å². The van der Waals surface area contributed by atoms with Crippen molar-refractivity contribution in [2.45, 2.75) is 11.8 Å². The zero-order valence-corrected chi connectivity index (χ0v) is 11.2. The summed E-state index contributed by atoms with van der Waals surface area (Å²) in [4.78, 5) is 0. The molecule has 1 unspecified atom stereocenters. The van der Waals surface area contributed by atoms with Crippen LogP contribution < -0.4 is 10.1 Å². The minimum absolute atomic E-state index is 0.395. The van der Waals surface area contributed by atoms with Gasteiger partial charge >= 0.3 is 0 Å². The Hall–Kier alpha value is -0.190. The van der Waals surface area contributed by atoms with Crippen LogP contribution in [-0.2, 0) is 5.75 Å². The number of ether oxygens (including phenoxy) is 1. The number of halogens is 1. The first-order chi connectivity index (χ1) is 7.27. The van der Waals surface area contributed by atoms with Crippen molar-refractivity contribution in [1.29, 1.82) is 0 Å². The van der Waals surface area contributed by atoms with E-state index in [2.05, 4.69) is 27.3 Å². The lowest BCUT2D eigenvalue weighted by Gasteiger charge is -2.27. The van der Waals surface area contributed by atoms with Crippen molar-refractivity contribution in [3.05, 3.63) is 27.7 Å². The molecule has 4 heteroatoms. The molecule has 1 atom stereocenters. The third kappa shape index (κ3) is 2.03. The molecule has 1 aromatic rings. The average molecular weight is 288 g/mol. The maximum atomic E-state index is 5.43. The molecule has 0 saturated heterocycles. The molecule has 1 aliphatic heterocycles. The molecule has 82 valence electrons. The van der Waals surface area contributed by atoms with Gasteiger partial charge in [0.25, 0.3) is 0 Å². The molecule has 0 spiro atoms. The van der Waals surface area contributed by atoms with Crippen LogP contribution in [0.3, 0.4) is 0 Å². The van der Waals surface area contributed by atoms with Crippen LogP contribution in [0, 0.1) is 0 Å². The number of hydrogen-bond acceptors (Lipinski definition) is 3. The minimum Gasteiger partial charge on any atom is -0.496 e. The fraction of sp³-hybridized carbons (Fsp3) is 0.455. The van der Waals surface area contributed by atoms with Crippen LogP contribution in [-0.4, -0.2) is 19.9 Å². The molecule has 0 aromatic heterocycles. The lowest BCUT2D eigenvalue weighted by atomic mass is 10.0. The van der Waals surface area contributed by atoms with Crippen molar-refractivity contribution < 1.29 is 4.74 Å². The van der Waals surface area contributed by atoms with Crippen molar-refractivity contribution in [3.8, 4) is 5.75 Å². The van der Waals surface area contributed by atoms with E-state index in [1.807, 2.05) is 24.9 Å². The van der Waals surface area contributed by atoms with Crippen molar-refractivity contribution >= 4 is 27.7 Å². The summed E-state index contributed by atoms with van der Waals surface area (Å²) in [5, 5.41) is 3.34. The van der Waals surface area contributed by atoms with Gasteiger partial charge in [-0.1, -0.05) is 15.9 Å². The van der Waals surface area contributed by atoms with E-state index in [0.29, 0.717) is 6.04 Å². The summed E-state index contributed by atoms with van der Waals surface area (Å²) in [6, 6.07) is 4.49. The topological polar surface area (TPSA) is 21.3 Å². The minimum atomic E-state index is 0.395. The highest BCUT2D eigenvalue weighted by atomic mass is 79.9. The second-order valence-electron chi connectivity index (χ2n) is 3.50. The van der Waals surface area contributed by atoms with E-state index in [1.165, 1.54) is 15.6 Å². The third-order valence-corrected chi connectivity index (χ3v) is 4.51. The molecule has 0 aliphatic carbocycles. The Bertz CT molecular complexity index is 370. The summed E-state index contributed by atoms with van der Waals surface area (Å²) in [6.45, 7) is 0. The summed E-state index contributed by atoms with van der Waals surface area (Å²) >= 11 is 5.56. The summed E-state index contributed by atoms with van der Waals surface area (Å²) in [6.07, 6.45) is 0. The van der Waals surface area contributed by atoms with Gasteiger partial charge in [-0.3, -0.25) is 0 Å². The molecule has 1 N–H and O–H groups in total. The van der Waals surface area contributed by atoms with Crippen LogP contribution in [0.5, 0.6) is 5.75 Å². The maximum absolute atomic E-state index is 5.43. The zero-order chi connectivity index (χ0) is 10.8. The van der Waals surface area contributed by atoms with Gasteiger partial charge in [-0.15, -0.1) is 0 Å². The Morgan fingerprint density at radius 1 is 1.53 bits per heavy atom. The molecule has 2 rings (SSSR count). The summed E-state index contributed by atoms with van der Waals surface area (Å²) in [7, 11) is 3.73. The van der Waals surface area contributed by atoms with Gasteiger partial charge in [-0.2, -0.15) is 11.8 Å². The molecule has 0 amide bonds. The number of nitrogens with one attached hydrogen (secondary N) is 1. The standard InChI is InChI=1S/C11H14BrNOS/c1-13-9-6-15-5-7-8(12)3-4-10(14-2)11(7)9/h3-4,9,13H,5-6H2,1-2H3. The van der Waals surface area contributed by atoms with Crippen LogP contribution in [0.25, 0.3) is 0 Å². The van der Waals surface area contributed by atoms with Gasteiger partial charge in [0.05, 0.1) is 7.11 Å². The molecule has 1 aromatic carbocycles. The van der Waals surface area contributed by atoms with E-state index >= 15 is 0 Å². The molecule has 0 fully saturated rings. The van der Waals surface area contributed by atoms with Crippen LogP contribution in [0.15, 0.2) is 16.6 Å². The second kappa shape index (κ2) is 4.76. The Kier molecular flexibility index (Phi) is 3.59. The first-order valence-corrected chi connectivity index (χ1v) is 6.83. The monoisotopic (exact) mass is 287 g/mol. The molecule has 15 heavy (non-hydrogen) atoms. The second-order valence-corrected chi connectivity index (χ2v) is 5.38. The zero-order valence-electron chi connectivity index (χ0n) is 8.84. The predicted molar refractivity (Wildman–Crippen MR) is 68.7 cm³/mol. The number of rotatable bonds is 2. The molecule has 1 heterocycles. The van der Waals surface area contributed by atoms with Gasteiger partial charge in [0.15, 0.2) is 0 Å². The van der Waals surface area contributed by atoms with Gasteiger partial charge in [0, 0.05) is 27.6 Å². The molecule has 0 radical (unpaired) electrons. The molecule has 1 aliphatic rings. The van der Waals surface area contributed by atoms with E-state index in [4.69, 9.17) is 4.74 Å². The van der Waals surface area contributed by atoms with E-state index < -0.39 is 0 Å². The smallest absolute Gasteiger partial charge is 0.124 e. The van der Waals surface area contributed by atoms with E-state index in [9.17, 15) is 0 Å². The first kappa shape index (κ1) is 11.3. The number of thioether (sulfide) groups is 1. The van der Waals surface area contributed by atoms with Crippen molar-refractivity contribution in [2.24, 2.45) is 0 Å². The van der Waals surface area contributed by atoms with Crippen LogP contribution >= 0.6 is 27.7 Å². The first-order valence-electron chi connectivity index (χ1n) is 4.88. The molecule has 0 bridgehead atoms. The van der Waals surface area contributed by atoms with E-state index in [1.54, 1.807) is 7.11 Å². The third-order valence-electron chi connectivity index (χ3n) is 2.71. The summed E-state index contributed by atoms with van der Waals surface area (Å²) in [5.74, 6) is 3.16. The van der Waals surface area contributed by atoms with E-state index in [0.717, 1.165) is 17.3 Å². The fourth-order valence-corrected chi connectivity index (χ4v) is 3.79. The van der Waals surface area contributed by atoms with Gasteiger partial charge in [-0.05, 0) is 24.7 Å². The predicted octanol–water partition coefficient (Wildman–Crippen LogP) is 2.97. The number of fused-ring (bicyclic) bond motifs is 1. The Labute approximate surface area is 103 Å². The quantitative estimate of drug-likeness (QED) is 0.904. The lowest BCUT2D eigenvalue weighted by molar-refractivity contribution is 0.403. The largest absolute Gasteiger partial charge is 0.496 e. The highest BCUT2D eigenvalue weighted by molar-refractivity contribution is 9.10. The van der Waals surface area contributed by atoms with Crippen LogP contribution in [0.4, 0.5) is 0 Å². The molecular weight excluding hydrogens is 274 g/mol. The Morgan fingerprint density at radius 3 is 3.00 bits per heavy atom. The normalized spacial score (nSPS) is 19.8. The highest BCUT2D eigenvalue weighted by Crippen LogP contribution is 2.40.